The van der Waals surface area contributed by atoms with E-state index in [2.05, 4.69) is 4.90 Å². The molecule has 2 heterocycles. The lowest BCUT2D eigenvalue weighted by molar-refractivity contribution is -0.135. The first kappa shape index (κ1) is 19.9. The minimum Gasteiger partial charge on any atom is -0.488 e. The third-order valence-electron chi connectivity index (χ3n) is 6.33. The Kier molecular flexibility index (Phi) is 5.89. The van der Waals surface area contributed by atoms with Crippen LogP contribution in [0.4, 0.5) is 9.18 Å². The predicted octanol–water partition coefficient (Wildman–Crippen LogP) is 2.41. The number of carbonyl (C=O) groups excluding carboxylic acids is 1. The first-order chi connectivity index (χ1) is 14.0. The van der Waals surface area contributed by atoms with Crippen molar-refractivity contribution in [3.05, 3.63) is 30.1 Å². The maximum Gasteiger partial charge on any atom is 0.408 e. The third kappa shape index (κ3) is 4.47. The summed E-state index contributed by atoms with van der Waals surface area (Å²) in [5.74, 6) is -0.212. The molecule has 1 aromatic carbocycles. The van der Waals surface area contributed by atoms with E-state index in [-0.39, 0.29) is 18.9 Å². The van der Waals surface area contributed by atoms with Gasteiger partial charge in [-0.2, -0.15) is 0 Å². The number of carboxylic acid groups (broad SMARTS) is 1. The van der Waals surface area contributed by atoms with Gasteiger partial charge in [0.2, 0.25) is 5.91 Å². The summed E-state index contributed by atoms with van der Waals surface area (Å²) >= 11 is 0. The topological polar surface area (TPSA) is 73.3 Å². The Bertz CT molecular complexity index is 757. The molecule has 1 N–H and O–H groups in total. The van der Waals surface area contributed by atoms with E-state index in [9.17, 15) is 19.1 Å². The van der Waals surface area contributed by atoms with E-state index < -0.39 is 24.1 Å². The number of ether oxygens (including phenoxy) is 1. The Hall–Kier alpha value is -2.35. The molecule has 0 aromatic heterocycles. The molecule has 0 bridgehead atoms. The van der Waals surface area contributed by atoms with E-state index in [1.54, 1.807) is 12.1 Å². The Balaban J connectivity index is 1.40. The lowest BCUT2D eigenvalue weighted by atomic mass is 9.91. The Morgan fingerprint density at radius 3 is 2.62 bits per heavy atom. The highest BCUT2D eigenvalue weighted by Gasteiger charge is 2.43. The SMILES string of the molecule is O=C([C@@H]1CC(Oc2cccc(F)c2)CN1C(=O)O)N1CCCN(C2CCC2)CC1. The third-order valence-corrected chi connectivity index (χ3v) is 6.33. The van der Waals surface area contributed by atoms with Gasteiger partial charge in [-0.05, 0) is 31.4 Å². The first-order valence-electron chi connectivity index (χ1n) is 10.5. The van der Waals surface area contributed by atoms with Crippen molar-refractivity contribution in [2.24, 2.45) is 0 Å². The van der Waals surface area contributed by atoms with Crippen LogP contribution in [0.1, 0.15) is 32.1 Å². The summed E-state index contributed by atoms with van der Waals surface area (Å²) in [6.45, 7) is 3.23. The van der Waals surface area contributed by atoms with Gasteiger partial charge in [0.1, 0.15) is 23.7 Å². The van der Waals surface area contributed by atoms with Crippen LogP contribution in [0.15, 0.2) is 24.3 Å². The second-order valence-electron chi connectivity index (χ2n) is 8.18. The largest absolute Gasteiger partial charge is 0.488 e. The van der Waals surface area contributed by atoms with Gasteiger partial charge in [-0.15, -0.1) is 0 Å². The van der Waals surface area contributed by atoms with Gasteiger partial charge in [0, 0.05) is 44.7 Å². The van der Waals surface area contributed by atoms with Gasteiger partial charge < -0.3 is 14.7 Å². The fourth-order valence-electron chi connectivity index (χ4n) is 4.55. The van der Waals surface area contributed by atoms with Crippen LogP contribution in [-0.4, -0.2) is 82.7 Å². The van der Waals surface area contributed by atoms with E-state index in [0.29, 0.717) is 24.9 Å². The molecule has 3 aliphatic rings. The summed E-state index contributed by atoms with van der Waals surface area (Å²) in [6, 6.07) is 5.67. The molecular formula is C21H28FN3O4. The van der Waals surface area contributed by atoms with Crippen molar-refractivity contribution in [3.8, 4) is 5.75 Å². The summed E-state index contributed by atoms with van der Waals surface area (Å²) in [5, 5.41) is 9.60. The van der Waals surface area contributed by atoms with Gasteiger partial charge in [-0.25, -0.2) is 9.18 Å². The average molecular weight is 405 g/mol. The maximum absolute atomic E-state index is 13.4. The van der Waals surface area contributed by atoms with Crippen LogP contribution < -0.4 is 4.74 Å². The Morgan fingerprint density at radius 1 is 1.10 bits per heavy atom. The molecular weight excluding hydrogens is 377 g/mol. The predicted molar refractivity (Wildman–Crippen MR) is 104 cm³/mol. The van der Waals surface area contributed by atoms with Gasteiger partial charge >= 0.3 is 6.09 Å². The molecule has 8 heteroatoms. The molecule has 2 atom stereocenters. The van der Waals surface area contributed by atoms with Crippen LogP contribution in [0.2, 0.25) is 0 Å². The zero-order valence-corrected chi connectivity index (χ0v) is 16.5. The fraction of sp³-hybridized carbons (Fsp3) is 0.619. The molecule has 1 saturated carbocycles. The fourth-order valence-corrected chi connectivity index (χ4v) is 4.55. The summed E-state index contributed by atoms with van der Waals surface area (Å²) in [5.41, 5.74) is 0. The number of hydrogen-bond acceptors (Lipinski definition) is 4. The molecule has 3 fully saturated rings. The smallest absolute Gasteiger partial charge is 0.408 e. The number of halogens is 1. The van der Waals surface area contributed by atoms with Gasteiger partial charge in [0.15, 0.2) is 0 Å². The summed E-state index contributed by atoms with van der Waals surface area (Å²) in [6.07, 6.45) is 3.35. The average Bonchev–Trinajstić information content (AvgIpc) is 2.91. The normalized spacial score (nSPS) is 26.1. The van der Waals surface area contributed by atoms with Crippen molar-refractivity contribution < 1.29 is 23.8 Å². The molecule has 29 heavy (non-hydrogen) atoms. The van der Waals surface area contributed by atoms with E-state index in [1.807, 2.05) is 4.90 Å². The molecule has 4 rings (SSSR count). The monoisotopic (exact) mass is 405 g/mol. The molecule has 2 amide bonds. The standard InChI is InChI=1S/C21H28FN3O4/c22-15-4-1-7-17(12-15)29-18-13-19(25(14-18)21(27)28)20(26)24-9-3-8-23(10-11-24)16-5-2-6-16/h1,4,7,12,16,18-19H,2-3,5-6,8-11,13-14H2,(H,27,28)/t18?,19-/m0/s1. The van der Waals surface area contributed by atoms with Gasteiger partial charge in [-0.1, -0.05) is 12.5 Å². The molecule has 1 aliphatic carbocycles. The van der Waals surface area contributed by atoms with Crippen molar-refractivity contribution in [3.63, 3.8) is 0 Å². The second-order valence-corrected chi connectivity index (χ2v) is 8.18. The number of carbonyl (C=O) groups is 2. The van der Waals surface area contributed by atoms with E-state index in [4.69, 9.17) is 4.74 Å². The lowest BCUT2D eigenvalue weighted by Crippen LogP contribution is -2.49. The minimum absolute atomic E-state index is 0.101. The quantitative estimate of drug-likeness (QED) is 0.833. The van der Waals surface area contributed by atoms with Crippen molar-refractivity contribution in [1.29, 1.82) is 0 Å². The maximum atomic E-state index is 13.4. The molecule has 0 radical (unpaired) electrons. The van der Waals surface area contributed by atoms with E-state index >= 15 is 0 Å². The molecule has 1 aromatic rings. The number of amides is 2. The zero-order valence-electron chi connectivity index (χ0n) is 16.5. The molecule has 158 valence electrons. The highest BCUT2D eigenvalue weighted by molar-refractivity contribution is 5.86. The zero-order chi connectivity index (χ0) is 20.4. The Labute approximate surface area is 170 Å². The van der Waals surface area contributed by atoms with E-state index in [0.717, 1.165) is 19.5 Å². The molecule has 2 aliphatic heterocycles. The number of likely N-dealkylation sites (tertiary alicyclic amines) is 1. The van der Waals surface area contributed by atoms with Crippen molar-refractivity contribution in [1.82, 2.24) is 14.7 Å². The van der Waals surface area contributed by atoms with Crippen LogP contribution in [0, 0.1) is 5.82 Å². The summed E-state index contributed by atoms with van der Waals surface area (Å²) < 4.78 is 19.2. The highest BCUT2D eigenvalue weighted by Crippen LogP contribution is 2.27. The van der Waals surface area contributed by atoms with Crippen molar-refractivity contribution in [2.75, 3.05) is 32.7 Å². The first-order valence-corrected chi connectivity index (χ1v) is 10.5. The number of hydrogen-bond donors (Lipinski definition) is 1. The van der Waals surface area contributed by atoms with Gasteiger partial charge in [-0.3, -0.25) is 14.6 Å². The van der Waals surface area contributed by atoms with Crippen LogP contribution in [0.5, 0.6) is 5.75 Å². The van der Waals surface area contributed by atoms with Crippen molar-refractivity contribution in [2.45, 2.75) is 50.3 Å². The number of benzene rings is 1. The van der Waals surface area contributed by atoms with Crippen LogP contribution in [0.25, 0.3) is 0 Å². The molecule has 0 spiro atoms. The van der Waals surface area contributed by atoms with Crippen LogP contribution >= 0.6 is 0 Å². The van der Waals surface area contributed by atoms with E-state index in [1.165, 1.54) is 36.3 Å². The van der Waals surface area contributed by atoms with Gasteiger partial charge in [0.25, 0.3) is 0 Å². The van der Waals surface area contributed by atoms with Crippen LogP contribution in [-0.2, 0) is 4.79 Å². The minimum atomic E-state index is -1.13. The molecule has 1 unspecified atom stereocenters. The van der Waals surface area contributed by atoms with Crippen molar-refractivity contribution >= 4 is 12.0 Å². The molecule has 2 saturated heterocycles. The highest BCUT2D eigenvalue weighted by atomic mass is 19.1. The lowest BCUT2D eigenvalue weighted by Gasteiger charge is -2.36. The summed E-state index contributed by atoms with van der Waals surface area (Å²) in [7, 11) is 0. The molecule has 7 nitrogen and oxygen atoms in total. The summed E-state index contributed by atoms with van der Waals surface area (Å²) in [4.78, 5) is 30.4. The van der Waals surface area contributed by atoms with Gasteiger partial charge in [0.05, 0.1) is 6.54 Å². The second kappa shape index (κ2) is 8.57. The van der Waals surface area contributed by atoms with Crippen LogP contribution in [0.3, 0.4) is 0 Å². The number of nitrogens with zero attached hydrogens (tertiary/aromatic N) is 3. The Morgan fingerprint density at radius 2 is 1.93 bits per heavy atom. The number of rotatable bonds is 4.